The SMILES string of the molecule is CCn1c(CNC(=O)C2CCN(S(=O)(=O)c3ccc(F)cc3)CC2)n[nH]c1=S. The van der Waals surface area contributed by atoms with E-state index in [1.165, 1.54) is 16.4 Å². The minimum atomic E-state index is -3.68. The van der Waals surface area contributed by atoms with Gasteiger partial charge >= 0.3 is 0 Å². The molecule has 2 aromatic rings. The monoisotopic (exact) mass is 427 g/mol. The van der Waals surface area contributed by atoms with Crippen LogP contribution in [0.3, 0.4) is 0 Å². The topological polar surface area (TPSA) is 100 Å². The van der Waals surface area contributed by atoms with E-state index in [4.69, 9.17) is 12.2 Å². The lowest BCUT2D eigenvalue weighted by Crippen LogP contribution is -2.43. The molecule has 1 aromatic carbocycles. The van der Waals surface area contributed by atoms with Crippen LogP contribution in [0.1, 0.15) is 25.6 Å². The highest BCUT2D eigenvalue weighted by Gasteiger charge is 2.32. The largest absolute Gasteiger partial charge is 0.349 e. The Balaban J connectivity index is 1.56. The Labute approximate surface area is 167 Å². The normalized spacial score (nSPS) is 16.2. The third-order valence-corrected chi connectivity index (χ3v) is 7.07. The van der Waals surface area contributed by atoms with Crippen LogP contribution in [0.4, 0.5) is 4.39 Å². The maximum Gasteiger partial charge on any atom is 0.243 e. The average molecular weight is 428 g/mol. The fourth-order valence-corrected chi connectivity index (χ4v) is 4.99. The van der Waals surface area contributed by atoms with Crippen molar-refractivity contribution in [3.63, 3.8) is 0 Å². The number of aromatic nitrogens is 3. The number of carbonyl (C=O) groups is 1. The summed E-state index contributed by atoms with van der Waals surface area (Å²) in [7, 11) is -3.68. The molecular weight excluding hydrogens is 405 g/mol. The van der Waals surface area contributed by atoms with Gasteiger partial charge < -0.3 is 9.88 Å². The molecule has 1 amide bonds. The van der Waals surface area contributed by atoms with Crippen molar-refractivity contribution in [2.24, 2.45) is 5.92 Å². The third kappa shape index (κ3) is 4.31. The van der Waals surface area contributed by atoms with Crippen LogP contribution in [0.25, 0.3) is 0 Å². The molecule has 0 unspecified atom stereocenters. The molecule has 0 atom stereocenters. The van der Waals surface area contributed by atoms with Gasteiger partial charge in [0.05, 0.1) is 11.4 Å². The van der Waals surface area contributed by atoms with Crippen molar-refractivity contribution < 1.29 is 17.6 Å². The molecule has 1 saturated heterocycles. The lowest BCUT2D eigenvalue weighted by atomic mass is 9.97. The molecule has 8 nitrogen and oxygen atoms in total. The van der Waals surface area contributed by atoms with Crippen molar-refractivity contribution in [3.8, 4) is 0 Å². The van der Waals surface area contributed by atoms with Crippen LogP contribution in [0.5, 0.6) is 0 Å². The van der Waals surface area contributed by atoms with Gasteiger partial charge in [0.25, 0.3) is 0 Å². The van der Waals surface area contributed by atoms with E-state index < -0.39 is 15.8 Å². The molecule has 0 radical (unpaired) electrons. The first-order valence-electron chi connectivity index (χ1n) is 9.00. The number of nitrogens with zero attached hydrogens (tertiary/aromatic N) is 3. The number of benzene rings is 1. The van der Waals surface area contributed by atoms with Gasteiger partial charge in [-0.3, -0.25) is 9.89 Å². The number of H-pyrrole nitrogens is 1. The number of sulfonamides is 1. The highest BCUT2D eigenvalue weighted by molar-refractivity contribution is 7.89. The molecule has 1 fully saturated rings. The third-order valence-electron chi connectivity index (χ3n) is 4.85. The zero-order valence-corrected chi connectivity index (χ0v) is 17.0. The van der Waals surface area contributed by atoms with Crippen molar-refractivity contribution in [1.82, 2.24) is 24.4 Å². The van der Waals surface area contributed by atoms with Crippen LogP contribution in [0.15, 0.2) is 29.2 Å². The Hall–Kier alpha value is -2.11. The second kappa shape index (κ2) is 8.50. The molecule has 0 spiro atoms. The van der Waals surface area contributed by atoms with Crippen LogP contribution in [0.2, 0.25) is 0 Å². The Morgan fingerprint density at radius 1 is 1.32 bits per heavy atom. The molecule has 0 bridgehead atoms. The molecule has 3 rings (SSSR count). The maximum absolute atomic E-state index is 13.0. The van der Waals surface area contributed by atoms with E-state index in [1.807, 2.05) is 6.92 Å². The molecule has 28 heavy (non-hydrogen) atoms. The zero-order valence-electron chi connectivity index (χ0n) is 15.4. The van der Waals surface area contributed by atoms with Crippen LogP contribution in [-0.2, 0) is 27.9 Å². The van der Waals surface area contributed by atoms with Gasteiger partial charge in [-0.2, -0.15) is 9.40 Å². The molecule has 0 saturated carbocycles. The predicted octanol–water partition coefficient (Wildman–Crippen LogP) is 1.82. The maximum atomic E-state index is 13.0. The lowest BCUT2D eigenvalue weighted by Gasteiger charge is -2.30. The van der Waals surface area contributed by atoms with Crippen molar-refractivity contribution in [2.75, 3.05) is 13.1 Å². The number of hydrogen-bond donors (Lipinski definition) is 2. The molecule has 11 heteroatoms. The first-order valence-corrected chi connectivity index (χ1v) is 10.8. The number of rotatable bonds is 6. The Morgan fingerprint density at radius 2 is 1.96 bits per heavy atom. The fourth-order valence-electron chi connectivity index (χ4n) is 3.24. The van der Waals surface area contributed by atoms with E-state index in [1.54, 1.807) is 4.57 Å². The van der Waals surface area contributed by atoms with Gasteiger partial charge in [0.1, 0.15) is 5.82 Å². The van der Waals surface area contributed by atoms with Gasteiger partial charge in [-0.15, -0.1) is 0 Å². The van der Waals surface area contributed by atoms with Crippen molar-refractivity contribution in [2.45, 2.75) is 37.8 Å². The summed E-state index contributed by atoms with van der Waals surface area (Å²) in [6.45, 7) is 3.33. The highest BCUT2D eigenvalue weighted by Crippen LogP contribution is 2.24. The van der Waals surface area contributed by atoms with Gasteiger partial charge in [0.15, 0.2) is 10.6 Å². The smallest absolute Gasteiger partial charge is 0.243 e. The van der Waals surface area contributed by atoms with Crippen molar-refractivity contribution in [1.29, 1.82) is 0 Å². The van der Waals surface area contributed by atoms with Crippen LogP contribution in [0, 0.1) is 16.5 Å². The lowest BCUT2D eigenvalue weighted by molar-refractivity contribution is -0.126. The first-order chi connectivity index (χ1) is 13.3. The fraction of sp³-hybridized carbons (Fsp3) is 0.471. The van der Waals surface area contributed by atoms with Gasteiger partial charge in [0, 0.05) is 25.6 Å². The van der Waals surface area contributed by atoms with Gasteiger partial charge in [-0.05, 0) is 56.2 Å². The van der Waals surface area contributed by atoms with E-state index in [0.717, 1.165) is 12.1 Å². The molecular formula is C17H22FN5O3S2. The second-order valence-electron chi connectivity index (χ2n) is 6.54. The van der Waals surface area contributed by atoms with Crippen LogP contribution in [-0.4, -0.2) is 46.5 Å². The van der Waals surface area contributed by atoms with Gasteiger partial charge in [0.2, 0.25) is 15.9 Å². The minimum Gasteiger partial charge on any atom is -0.349 e. The number of amides is 1. The number of carbonyl (C=O) groups excluding carboxylic acids is 1. The van der Waals surface area contributed by atoms with E-state index >= 15 is 0 Å². The summed E-state index contributed by atoms with van der Waals surface area (Å²) < 4.78 is 42.0. The van der Waals surface area contributed by atoms with E-state index in [2.05, 4.69) is 15.5 Å². The molecule has 1 aromatic heterocycles. The standard InChI is InChI=1S/C17H22FN5O3S2/c1-2-23-15(20-21-17(23)27)11-19-16(24)12-7-9-22(10-8-12)28(25,26)14-5-3-13(18)4-6-14/h3-6,12H,2,7-11H2,1H3,(H,19,24)(H,21,27). The zero-order chi connectivity index (χ0) is 20.3. The number of nitrogens with one attached hydrogen (secondary N) is 2. The summed E-state index contributed by atoms with van der Waals surface area (Å²) in [6.07, 6.45) is 0.847. The van der Waals surface area contributed by atoms with Crippen LogP contribution >= 0.6 is 12.2 Å². The van der Waals surface area contributed by atoms with Crippen LogP contribution < -0.4 is 5.32 Å². The summed E-state index contributed by atoms with van der Waals surface area (Å²) >= 11 is 5.12. The van der Waals surface area contributed by atoms with E-state index in [0.29, 0.717) is 30.0 Å². The predicted molar refractivity (Wildman–Crippen MR) is 103 cm³/mol. The summed E-state index contributed by atoms with van der Waals surface area (Å²) in [5, 5.41) is 9.66. The van der Waals surface area contributed by atoms with Gasteiger partial charge in [-0.1, -0.05) is 0 Å². The molecule has 0 aliphatic carbocycles. The minimum absolute atomic E-state index is 0.0548. The summed E-state index contributed by atoms with van der Waals surface area (Å²) in [6, 6.07) is 4.76. The Kier molecular flexibility index (Phi) is 6.26. The Bertz CT molecular complexity index is 993. The summed E-state index contributed by atoms with van der Waals surface area (Å²) in [5.74, 6) is -0.233. The number of aromatic amines is 1. The molecule has 2 heterocycles. The molecule has 152 valence electrons. The number of halogens is 1. The van der Waals surface area contributed by atoms with E-state index in [9.17, 15) is 17.6 Å². The molecule has 2 N–H and O–H groups in total. The second-order valence-corrected chi connectivity index (χ2v) is 8.86. The molecule has 1 aliphatic heterocycles. The first kappa shape index (κ1) is 20.6. The number of hydrogen-bond acceptors (Lipinski definition) is 5. The highest BCUT2D eigenvalue weighted by atomic mass is 32.2. The van der Waals surface area contributed by atoms with Crippen molar-refractivity contribution in [3.05, 3.63) is 40.7 Å². The summed E-state index contributed by atoms with van der Waals surface area (Å²) in [5.41, 5.74) is 0. The van der Waals surface area contributed by atoms with Gasteiger partial charge in [-0.25, -0.2) is 12.8 Å². The Morgan fingerprint density at radius 3 is 2.57 bits per heavy atom. The molecule has 1 aliphatic rings. The van der Waals surface area contributed by atoms with E-state index in [-0.39, 0.29) is 36.4 Å². The van der Waals surface area contributed by atoms with Crippen molar-refractivity contribution >= 4 is 28.1 Å². The summed E-state index contributed by atoms with van der Waals surface area (Å²) in [4.78, 5) is 12.5. The quantitative estimate of drug-likeness (QED) is 0.685. The number of piperidine rings is 1. The average Bonchev–Trinajstić information content (AvgIpc) is 3.06.